The second-order valence-corrected chi connectivity index (χ2v) is 7.51. The lowest BCUT2D eigenvalue weighted by atomic mass is 10.0. The van der Waals surface area contributed by atoms with Crippen LogP contribution in [-0.4, -0.2) is 64.8 Å². The summed E-state index contributed by atoms with van der Waals surface area (Å²) < 4.78 is 37.6. The van der Waals surface area contributed by atoms with E-state index in [2.05, 4.69) is 20.4 Å². The molecule has 1 fully saturated rings. The van der Waals surface area contributed by atoms with Crippen LogP contribution in [0.1, 0.15) is 34.0 Å². The Morgan fingerprint density at radius 3 is 2.72 bits per heavy atom. The predicted molar refractivity (Wildman–Crippen MR) is 107 cm³/mol. The van der Waals surface area contributed by atoms with Crippen LogP contribution in [0.5, 0.6) is 0 Å². The van der Waals surface area contributed by atoms with Crippen LogP contribution in [0.4, 0.5) is 8.78 Å². The fraction of sp³-hybridized carbons (Fsp3) is 0.429. The number of halogens is 2. The molecule has 1 aromatic heterocycles. The number of nitrogens with zero attached hydrogens (tertiary/aromatic N) is 3. The topological polar surface area (TPSA) is 115 Å². The first-order valence-electron chi connectivity index (χ1n) is 10.1. The van der Waals surface area contributed by atoms with Gasteiger partial charge in [-0.2, -0.15) is 0 Å². The van der Waals surface area contributed by atoms with Crippen molar-refractivity contribution in [1.29, 1.82) is 0 Å². The molecule has 0 saturated carbocycles. The quantitative estimate of drug-likeness (QED) is 0.684. The van der Waals surface area contributed by atoms with Crippen LogP contribution in [-0.2, 0) is 20.9 Å². The lowest BCUT2D eigenvalue weighted by molar-refractivity contribution is -0.178. The molecule has 0 bridgehead atoms. The lowest BCUT2D eigenvalue weighted by Crippen LogP contribution is -2.43. The van der Waals surface area contributed by atoms with Crippen molar-refractivity contribution < 1.29 is 33.0 Å². The van der Waals surface area contributed by atoms with Crippen LogP contribution in [0.3, 0.4) is 0 Å². The van der Waals surface area contributed by atoms with Gasteiger partial charge in [-0.1, -0.05) is 11.2 Å². The Morgan fingerprint density at radius 1 is 1.16 bits per heavy atom. The Hall–Kier alpha value is -3.02. The minimum Gasteiger partial charge on any atom is -0.394 e. The average Bonchev–Trinajstić information content (AvgIpc) is 3.30. The maximum absolute atomic E-state index is 13.3. The molecule has 11 heteroatoms. The number of aliphatic hydroxyl groups excluding tert-OH is 1. The number of aromatic nitrogens is 2. The van der Waals surface area contributed by atoms with Crippen molar-refractivity contribution in [2.45, 2.75) is 38.2 Å². The molecule has 170 valence electrons. The number of hydrogen-bond donors (Lipinski definition) is 2. The van der Waals surface area contributed by atoms with Crippen molar-refractivity contribution in [3.63, 3.8) is 0 Å². The van der Waals surface area contributed by atoms with Gasteiger partial charge in [-0.3, -0.25) is 4.79 Å². The van der Waals surface area contributed by atoms with Gasteiger partial charge in [0.1, 0.15) is 29.4 Å². The van der Waals surface area contributed by atoms with Crippen LogP contribution >= 0.6 is 0 Å². The minimum atomic E-state index is -0.982. The van der Waals surface area contributed by atoms with Gasteiger partial charge in [0.05, 0.1) is 25.5 Å². The van der Waals surface area contributed by atoms with Crippen molar-refractivity contribution >= 4 is 11.6 Å². The molecule has 0 aliphatic carbocycles. The molecule has 3 atom stereocenters. The molecule has 4 rings (SSSR count). The van der Waals surface area contributed by atoms with Gasteiger partial charge in [-0.25, -0.2) is 18.7 Å². The largest absolute Gasteiger partial charge is 0.394 e. The number of amides is 1. The number of rotatable bonds is 6. The van der Waals surface area contributed by atoms with Crippen LogP contribution < -0.4 is 5.32 Å². The number of aliphatic hydroxyl groups is 1. The molecule has 2 N–H and O–H groups in total. The molecular weight excluding hydrogens is 426 g/mol. The first-order valence-corrected chi connectivity index (χ1v) is 10.1. The minimum absolute atomic E-state index is 0.00834. The maximum atomic E-state index is 13.3. The molecular formula is C21H22F2N4O5. The first-order chi connectivity index (χ1) is 15.4. The SMILES string of the molecule is Cc1nc(C(=O)NCc2ccc(F)c(F)c2)cc(C2=NOC(C3CO[C@H](CO)CO3)C2)n1. The molecule has 1 amide bonds. The van der Waals surface area contributed by atoms with Gasteiger partial charge >= 0.3 is 0 Å². The molecule has 1 aromatic carbocycles. The fourth-order valence-electron chi connectivity index (χ4n) is 3.38. The van der Waals surface area contributed by atoms with E-state index in [0.29, 0.717) is 29.2 Å². The van der Waals surface area contributed by atoms with E-state index in [-0.39, 0.29) is 50.4 Å². The Labute approximate surface area is 182 Å². The van der Waals surface area contributed by atoms with Gasteiger partial charge in [0.2, 0.25) is 0 Å². The Kier molecular flexibility index (Phi) is 6.68. The molecule has 2 aliphatic rings. The molecule has 2 aliphatic heterocycles. The van der Waals surface area contributed by atoms with Gasteiger partial charge in [-0.15, -0.1) is 0 Å². The highest BCUT2D eigenvalue weighted by Gasteiger charge is 2.35. The molecule has 1 saturated heterocycles. The van der Waals surface area contributed by atoms with E-state index in [1.54, 1.807) is 6.92 Å². The lowest BCUT2D eigenvalue weighted by Gasteiger charge is -2.30. The van der Waals surface area contributed by atoms with E-state index in [4.69, 9.17) is 19.4 Å². The predicted octanol–water partition coefficient (Wildman–Crippen LogP) is 1.26. The van der Waals surface area contributed by atoms with E-state index in [1.165, 1.54) is 12.1 Å². The van der Waals surface area contributed by atoms with Crippen LogP contribution in [0.2, 0.25) is 0 Å². The fourth-order valence-corrected chi connectivity index (χ4v) is 3.38. The van der Waals surface area contributed by atoms with Crippen molar-refractivity contribution in [1.82, 2.24) is 15.3 Å². The molecule has 2 aromatic rings. The van der Waals surface area contributed by atoms with Crippen molar-refractivity contribution in [2.75, 3.05) is 19.8 Å². The summed E-state index contributed by atoms with van der Waals surface area (Å²) >= 11 is 0. The highest BCUT2D eigenvalue weighted by atomic mass is 19.2. The zero-order chi connectivity index (χ0) is 22.7. The summed E-state index contributed by atoms with van der Waals surface area (Å²) in [6.45, 7) is 2.09. The monoisotopic (exact) mass is 448 g/mol. The Morgan fingerprint density at radius 2 is 2.00 bits per heavy atom. The summed E-state index contributed by atoms with van der Waals surface area (Å²) in [5.41, 5.74) is 1.52. The summed E-state index contributed by atoms with van der Waals surface area (Å²) in [4.78, 5) is 26.5. The maximum Gasteiger partial charge on any atom is 0.270 e. The molecule has 3 heterocycles. The van der Waals surface area contributed by atoms with Gasteiger partial charge in [0, 0.05) is 13.0 Å². The smallest absolute Gasteiger partial charge is 0.270 e. The molecule has 32 heavy (non-hydrogen) atoms. The summed E-state index contributed by atoms with van der Waals surface area (Å²) in [7, 11) is 0. The van der Waals surface area contributed by atoms with Gasteiger partial charge in [0.25, 0.3) is 5.91 Å². The van der Waals surface area contributed by atoms with Crippen LogP contribution in [0.15, 0.2) is 29.4 Å². The zero-order valence-corrected chi connectivity index (χ0v) is 17.3. The molecule has 9 nitrogen and oxygen atoms in total. The standard InChI is InChI=1S/C21H22F2N4O5/c1-11-25-16(17-6-19(32-27-17)20-10-30-13(8-28)9-31-20)5-18(26-11)21(29)24-7-12-2-3-14(22)15(23)4-12/h2-5,13,19-20,28H,6-10H2,1H3,(H,24,29)/t13-,19?,20?/m1/s1. The Bertz CT molecular complexity index is 1030. The van der Waals surface area contributed by atoms with Gasteiger partial charge < -0.3 is 24.7 Å². The number of benzene rings is 1. The van der Waals surface area contributed by atoms with E-state index in [9.17, 15) is 13.6 Å². The average molecular weight is 448 g/mol. The second-order valence-electron chi connectivity index (χ2n) is 7.51. The number of nitrogens with one attached hydrogen (secondary N) is 1. The third-order valence-electron chi connectivity index (χ3n) is 5.11. The Balaban J connectivity index is 1.39. The number of hydrogen-bond acceptors (Lipinski definition) is 8. The molecule has 0 radical (unpaired) electrons. The summed E-state index contributed by atoms with van der Waals surface area (Å²) in [6, 6.07) is 4.92. The molecule has 2 unspecified atom stereocenters. The molecule has 0 spiro atoms. The third-order valence-corrected chi connectivity index (χ3v) is 5.11. The van der Waals surface area contributed by atoms with Crippen molar-refractivity contribution in [2.24, 2.45) is 5.16 Å². The second kappa shape index (κ2) is 9.63. The normalized spacial score (nSPS) is 22.9. The number of carbonyl (C=O) groups is 1. The van der Waals surface area contributed by atoms with E-state index in [1.807, 2.05) is 0 Å². The van der Waals surface area contributed by atoms with E-state index in [0.717, 1.165) is 12.1 Å². The van der Waals surface area contributed by atoms with Crippen LogP contribution in [0, 0.1) is 18.6 Å². The summed E-state index contributed by atoms with van der Waals surface area (Å²) in [5.74, 6) is -2.05. The number of oxime groups is 1. The van der Waals surface area contributed by atoms with E-state index < -0.39 is 17.5 Å². The van der Waals surface area contributed by atoms with Gasteiger partial charge in [0.15, 0.2) is 17.7 Å². The van der Waals surface area contributed by atoms with Crippen molar-refractivity contribution in [3.8, 4) is 0 Å². The number of carbonyl (C=O) groups excluding carboxylic acids is 1. The summed E-state index contributed by atoms with van der Waals surface area (Å²) in [6.07, 6.45) is -0.638. The number of ether oxygens (including phenoxy) is 2. The first kappa shape index (κ1) is 22.2. The zero-order valence-electron chi connectivity index (χ0n) is 17.3. The summed E-state index contributed by atoms with van der Waals surface area (Å²) in [5, 5.41) is 15.8. The van der Waals surface area contributed by atoms with Crippen molar-refractivity contribution in [3.05, 3.63) is 58.7 Å². The van der Waals surface area contributed by atoms with E-state index >= 15 is 0 Å². The van der Waals surface area contributed by atoms with Gasteiger partial charge in [-0.05, 0) is 30.7 Å². The third kappa shape index (κ3) is 5.06. The van der Waals surface area contributed by atoms with Crippen LogP contribution in [0.25, 0.3) is 0 Å². The highest BCUT2D eigenvalue weighted by molar-refractivity contribution is 6.02. The number of aryl methyl sites for hydroxylation is 1. The highest BCUT2D eigenvalue weighted by Crippen LogP contribution is 2.23.